The van der Waals surface area contributed by atoms with E-state index in [-0.39, 0.29) is 11.8 Å². The normalized spacial score (nSPS) is 12.2. The van der Waals surface area contributed by atoms with Gasteiger partial charge in [0.1, 0.15) is 0 Å². The Kier molecular flexibility index (Phi) is 7.95. The highest BCUT2D eigenvalue weighted by atomic mass is 16.5. The summed E-state index contributed by atoms with van der Waals surface area (Å²) in [6.07, 6.45) is 1.74. The Morgan fingerprint density at radius 2 is 2.33 bits per heavy atom. The first-order valence-corrected chi connectivity index (χ1v) is 5.20. The van der Waals surface area contributed by atoms with Crippen molar-refractivity contribution < 1.29 is 9.53 Å². The molecule has 0 heterocycles. The Morgan fingerprint density at radius 1 is 1.67 bits per heavy atom. The van der Waals surface area contributed by atoms with Gasteiger partial charge in [-0.3, -0.25) is 4.79 Å². The number of nitrogens with zero attached hydrogens (tertiary/aromatic N) is 1. The highest BCUT2D eigenvalue weighted by Gasteiger charge is 2.18. The quantitative estimate of drug-likeness (QED) is 0.598. The molecule has 0 saturated carbocycles. The van der Waals surface area contributed by atoms with E-state index in [1.54, 1.807) is 18.1 Å². The van der Waals surface area contributed by atoms with Crippen molar-refractivity contribution >= 4 is 5.91 Å². The first-order valence-electron chi connectivity index (χ1n) is 5.20. The summed E-state index contributed by atoms with van der Waals surface area (Å²) in [5, 5.41) is 3.00. The molecule has 0 rings (SSSR count). The number of carbonyl (C=O) groups excluding carboxylic acids is 1. The number of nitrogens with one attached hydrogen (secondary N) is 1. The van der Waals surface area contributed by atoms with Crippen LogP contribution < -0.4 is 5.32 Å². The van der Waals surface area contributed by atoms with E-state index >= 15 is 0 Å². The van der Waals surface area contributed by atoms with E-state index in [1.807, 2.05) is 14.0 Å². The summed E-state index contributed by atoms with van der Waals surface area (Å²) in [6.45, 7) is 8.02. The van der Waals surface area contributed by atoms with E-state index in [9.17, 15) is 4.79 Å². The molecule has 4 heteroatoms. The van der Waals surface area contributed by atoms with Crippen molar-refractivity contribution in [3.8, 4) is 0 Å². The van der Waals surface area contributed by atoms with Crippen molar-refractivity contribution in [1.29, 1.82) is 0 Å². The van der Waals surface area contributed by atoms with E-state index in [0.29, 0.717) is 26.2 Å². The predicted molar refractivity (Wildman–Crippen MR) is 61.7 cm³/mol. The van der Waals surface area contributed by atoms with Crippen LogP contribution >= 0.6 is 0 Å². The van der Waals surface area contributed by atoms with Gasteiger partial charge in [-0.2, -0.15) is 0 Å². The molecule has 1 N–H and O–H groups in total. The van der Waals surface area contributed by atoms with E-state index < -0.39 is 0 Å². The Bertz CT molecular complexity index is 195. The fraction of sp³-hybridized carbons (Fsp3) is 0.727. The van der Waals surface area contributed by atoms with Crippen LogP contribution in [0.25, 0.3) is 0 Å². The first kappa shape index (κ1) is 14.1. The molecular formula is C11H22N2O2. The molecule has 0 aromatic carbocycles. The second-order valence-electron chi connectivity index (χ2n) is 3.52. The zero-order valence-corrected chi connectivity index (χ0v) is 9.95. The summed E-state index contributed by atoms with van der Waals surface area (Å²) in [6, 6.07) is 0. The molecule has 0 fully saturated rings. The number of hydrogen-bond acceptors (Lipinski definition) is 3. The molecule has 0 spiro atoms. The molecule has 0 aliphatic rings. The van der Waals surface area contributed by atoms with Crippen molar-refractivity contribution in [2.24, 2.45) is 5.92 Å². The fourth-order valence-corrected chi connectivity index (χ4v) is 1.35. The van der Waals surface area contributed by atoms with Gasteiger partial charge in [-0.05, 0) is 7.05 Å². The number of carbonyl (C=O) groups is 1. The van der Waals surface area contributed by atoms with Gasteiger partial charge in [-0.25, -0.2) is 0 Å². The minimum absolute atomic E-state index is 0.00759. The minimum atomic E-state index is -0.00759. The van der Waals surface area contributed by atoms with Crippen molar-refractivity contribution in [2.75, 3.05) is 40.4 Å². The minimum Gasteiger partial charge on any atom is -0.383 e. The van der Waals surface area contributed by atoms with Crippen molar-refractivity contribution in [2.45, 2.75) is 6.92 Å². The lowest BCUT2D eigenvalue weighted by Gasteiger charge is -2.24. The summed E-state index contributed by atoms with van der Waals surface area (Å²) in [4.78, 5) is 13.7. The molecule has 4 nitrogen and oxygen atoms in total. The zero-order chi connectivity index (χ0) is 11.7. The van der Waals surface area contributed by atoms with Crippen molar-refractivity contribution in [1.82, 2.24) is 10.2 Å². The molecular weight excluding hydrogens is 192 g/mol. The van der Waals surface area contributed by atoms with Gasteiger partial charge in [0.2, 0.25) is 5.91 Å². The van der Waals surface area contributed by atoms with Gasteiger partial charge in [0.15, 0.2) is 0 Å². The first-order chi connectivity index (χ1) is 7.17. The summed E-state index contributed by atoms with van der Waals surface area (Å²) < 4.78 is 4.96. The molecule has 0 aromatic rings. The van der Waals surface area contributed by atoms with E-state index in [0.717, 1.165) is 0 Å². The van der Waals surface area contributed by atoms with E-state index in [4.69, 9.17) is 4.74 Å². The number of hydrogen-bond donors (Lipinski definition) is 1. The monoisotopic (exact) mass is 214 g/mol. The smallest absolute Gasteiger partial charge is 0.227 e. The van der Waals surface area contributed by atoms with Crippen LogP contribution in [0.3, 0.4) is 0 Å². The van der Waals surface area contributed by atoms with Crippen LogP contribution in [0.15, 0.2) is 12.7 Å². The standard InChI is InChI=1S/C11H22N2O2/c1-5-6-13(7-8-15-4)11(14)10(2)9-12-3/h5,10,12H,1,6-9H2,2-4H3. The third-order valence-electron chi connectivity index (χ3n) is 2.16. The molecule has 15 heavy (non-hydrogen) atoms. The largest absolute Gasteiger partial charge is 0.383 e. The lowest BCUT2D eigenvalue weighted by Crippen LogP contribution is -2.40. The highest BCUT2D eigenvalue weighted by Crippen LogP contribution is 2.01. The molecule has 0 aliphatic heterocycles. The summed E-state index contributed by atoms with van der Waals surface area (Å²) in [5.41, 5.74) is 0. The van der Waals surface area contributed by atoms with Gasteiger partial charge >= 0.3 is 0 Å². The van der Waals surface area contributed by atoms with Crippen LogP contribution in [0.5, 0.6) is 0 Å². The summed E-state index contributed by atoms with van der Waals surface area (Å²) in [7, 11) is 3.48. The second kappa shape index (κ2) is 8.44. The number of rotatable bonds is 8. The van der Waals surface area contributed by atoms with Crippen molar-refractivity contribution in [3.63, 3.8) is 0 Å². The third-order valence-corrected chi connectivity index (χ3v) is 2.16. The van der Waals surface area contributed by atoms with E-state index in [2.05, 4.69) is 11.9 Å². The lowest BCUT2D eigenvalue weighted by molar-refractivity contribution is -0.134. The molecule has 1 unspecified atom stereocenters. The number of amides is 1. The second-order valence-corrected chi connectivity index (χ2v) is 3.52. The highest BCUT2D eigenvalue weighted by molar-refractivity contribution is 5.78. The van der Waals surface area contributed by atoms with Crippen LogP contribution in [-0.2, 0) is 9.53 Å². The van der Waals surface area contributed by atoms with E-state index in [1.165, 1.54) is 0 Å². The molecule has 1 atom stereocenters. The Hall–Kier alpha value is -0.870. The lowest BCUT2D eigenvalue weighted by atomic mass is 10.1. The van der Waals surface area contributed by atoms with Crippen LogP contribution in [0.4, 0.5) is 0 Å². The Balaban J connectivity index is 4.19. The Labute approximate surface area is 92.3 Å². The molecule has 0 radical (unpaired) electrons. The molecule has 0 saturated heterocycles. The topological polar surface area (TPSA) is 41.6 Å². The van der Waals surface area contributed by atoms with Crippen LogP contribution in [-0.4, -0.2) is 51.2 Å². The summed E-state index contributed by atoms with van der Waals surface area (Å²) >= 11 is 0. The maximum absolute atomic E-state index is 11.9. The molecule has 88 valence electrons. The molecule has 0 aliphatic carbocycles. The number of ether oxygens (including phenoxy) is 1. The maximum atomic E-state index is 11.9. The molecule has 1 amide bonds. The number of methoxy groups -OCH3 is 1. The average Bonchev–Trinajstić information content (AvgIpc) is 2.23. The summed E-state index contributed by atoms with van der Waals surface area (Å²) in [5.74, 6) is 0.133. The van der Waals surface area contributed by atoms with Gasteiger partial charge in [0, 0.05) is 32.7 Å². The zero-order valence-electron chi connectivity index (χ0n) is 9.95. The van der Waals surface area contributed by atoms with Crippen LogP contribution in [0.1, 0.15) is 6.92 Å². The Morgan fingerprint density at radius 3 is 2.80 bits per heavy atom. The van der Waals surface area contributed by atoms with Crippen LogP contribution in [0.2, 0.25) is 0 Å². The van der Waals surface area contributed by atoms with Gasteiger partial charge < -0.3 is 15.0 Å². The molecule has 0 aromatic heterocycles. The third kappa shape index (κ3) is 5.54. The van der Waals surface area contributed by atoms with Gasteiger partial charge in [-0.1, -0.05) is 13.0 Å². The van der Waals surface area contributed by atoms with Gasteiger partial charge in [0.05, 0.1) is 6.61 Å². The van der Waals surface area contributed by atoms with Gasteiger partial charge in [0.25, 0.3) is 0 Å². The van der Waals surface area contributed by atoms with Crippen molar-refractivity contribution in [3.05, 3.63) is 12.7 Å². The SMILES string of the molecule is C=CCN(CCOC)C(=O)C(C)CNC. The maximum Gasteiger partial charge on any atom is 0.227 e. The average molecular weight is 214 g/mol. The molecule has 0 bridgehead atoms. The predicted octanol–water partition coefficient (Wildman–Crippen LogP) is 0.503. The fourth-order valence-electron chi connectivity index (χ4n) is 1.35. The van der Waals surface area contributed by atoms with Crippen LogP contribution in [0, 0.1) is 5.92 Å². The van der Waals surface area contributed by atoms with Gasteiger partial charge in [-0.15, -0.1) is 6.58 Å².